The first-order chi connectivity index (χ1) is 12.3. The van der Waals surface area contributed by atoms with E-state index in [4.69, 9.17) is 0 Å². The number of H-pyrrole nitrogens is 1. The number of rotatable bonds is 5. The smallest absolute Gasteiger partial charge is 0.0464 e. The Morgan fingerprint density at radius 1 is 1.32 bits per heavy atom. The summed E-state index contributed by atoms with van der Waals surface area (Å²) in [6.07, 6.45) is 9.74. The predicted molar refractivity (Wildman–Crippen MR) is 109 cm³/mol. The van der Waals surface area contributed by atoms with Crippen molar-refractivity contribution < 1.29 is 0 Å². The molecule has 1 aromatic carbocycles. The van der Waals surface area contributed by atoms with Crippen LogP contribution in [0.2, 0.25) is 0 Å². The number of hydrogen-bond acceptors (Lipinski definition) is 2. The summed E-state index contributed by atoms with van der Waals surface area (Å²) in [6.45, 7) is 6.69. The Morgan fingerprint density at radius 2 is 2.20 bits per heavy atom. The zero-order chi connectivity index (χ0) is 17.0. The highest BCUT2D eigenvalue weighted by atomic mass is 32.2. The van der Waals surface area contributed by atoms with Crippen LogP contribution in [0.4, 0.5) is 0 Å². The zero-order valence-electron chi connectivity index (χ0n) is 15.1. The number of aromatic amines is 1. The van der Waals surface area contributed by atoms with Crippen molar-refractivity contribution in [2.24, 2.45) is 11.8 Å². The Hall–Kier alpha value is -1.19. The highest BCUT2D eigenvalue weighted by Gasteiger charge is 2.42. The molecular weight excluding hydrogens is 324 g/mol. The van der Waals surface area contributed by atoms with E-state index in [9.17, 15) is 0 Å². The second-order valence-corrected chi connectivity index (χ2v) is 9.23. The highest BCUT2D eigenvalue weighted by molar-refractivity contribution is 7.98. The van der Waals surface area contributed by atoms with Crippen molar-refractivity contribution in [2.45, 2.75) is 37.6 Å². The summed E-state index contributed by atoms with van der Waals surface area (Å²) in [5.41, 5.74) is 5.67. The summed E-state index contributed by atoms with van der Waals surface area (Å²) >= 11 is 2.02. The molecule has 2 aliphatic carbocycles. The fourth-order valence-electron chi connectivity index (χ4n) is 5.39. The normalized spacial score (nSPS) is 28.9. The van der Waals surface area contributed by atoms with E-state index in [-0.39, 0.29) is 0 Å². The molecule has 2 nitrogen and oxygen atoms in total. The van der Waals surface area contributed by atoms with E-state index in [1.807, 2.05) is 17.8 Å². The Morgan fingerprint density at radius 3 is 2.96 bits per heavy atom. The van der Waals surface area contributed by atoms with Crippen LogP contribution in [0, 0.1) is 11.8 Å². The molecule has 2 fully saturated rings. The number of piperidine rings is 1. The van der Waals surface area contributed by atoms with E-state index in [1.54, 1.807) is 5.56 Å². The van der Waals surface area contributed by atoms with Gasteiger partial charge in [0.25, 0.3) is 0 Å². The van der Waals surface area contributed by atoms with E-state index >= 15 is 0 Å². The van der Waals surface area contributed by atoms with Crippen LogP contribution in [0.25, 0.3) is 17.0 Å². The lowest BCUT2D eigenvalue weighted by molar-refractivity contribution is 0.0877. The summed E-state index contributed by atoms with van der Waals surface area (Å²) in [7, 11) is 0. The van der Waals surface area contributed by atoms with E-state index < -0.39 is 0 Å². The fraction of sp³-hybridized carbons (Fsp3) is 0.545. The molecule has 2 aromatic rings. The van der Waals surface area contributed by atoms with Gasteiger partial charge in [0.15, 0.2) is 0 Å². The van der Waals surface area contributed by atoms with E-state index in [0.717, 1.165) is 11.8 Å². The molecule has 0 amide bonds. The molecular formula is C22H28N2S. The lowest BCUT2D eigenvalue weighted by Crippen LogP contribution is -2.51. The Labute approximate surface area is 155 Å². The zero-order valence-corrected chi connectivity index (χ0v) is 15.9. The molecule has 0 bridgehead atoms. The van der Waals surface area contributed by atoms with Crippen molar-refractivity contribution in [3.8, 4) is 0 Å². The second-order valence-electron chi connectivity index (χ2n) is 8.32. The molecule has 1 aromatic heterocycles. The van der Waals surface area contributed by atoms with Gasteiger partial charge in [-0.3, -0.25) is 4.90 Å². The summed E-state index contributed by atoms with van der Waals surface area (Å²) < 4.78 is 0. The molecule has 3 atom stereocenters. The molecule has 1 saturated heterocycles. The van der Waals surface area contributed by atoms with Gasteiger partial charge in [0.05, 0.1) is 0 Å². The largest absolute Gasteiger partial charge is 0.355 e. The molecule has 0 radical (unpaired) electrons. The quantitative estimate of drug-likeness (QED) is 0.824. The number of benzene rings is 1. The minimum atomic E-state index is 0.686. The topological polar surface area (TPSA) is 19.0 Å². The molecule has 132 valence electrons. The maximum Gasteiger partial charge on any atom is 0.0464 e. The van der Waals surface area contributed by atoms with E-state index in [1.165, 1.54) is 66.7 Å². The molecule has 1 N–H and O–H groups in total. The minimum absolute atomic E-state index is 0.686. The van der Waals surface area contributed by atoms with Crippen LogP contribution in [0.5, 0.6) is 0 Å². The van der Waals surface area contributed by atoms with Crippen LogP contribution < -0.4 is 0 Å². The summed E-state index contributed by atoms with van der Waals surface area (Å²) in [4.78, 5) is 6.49. The van der Waals surface area contributed by atoms with Crippen molar-refractivity contribution in [1.82, 2.24) is 9.88 Å². The van der Waals surface area contributed by atoms with Gasteiger partial charge >= 0.3 is 0 Å². The number of fused-ring (bicyclic) bond motifs is 2. The summed E-state index contributed by atoms with van der Waals surface area (Å²) in [5, 5.41) is 1.51. The first-order valence-electron chi connectivity index (χ1n) is 9.77. The second kappa shape index (κ2) is 6.21. The third-order valence-corrected chi connectivity index (χ3v) is 7.42. The average molecular weight is 353 g/mol. The lowest BCUT2D eigenvalue weighted by Gasteiger charge is -2.47. The van der Waals surface area contributed by atoms with Gasteiger partial charge in [0, 0.05) is 41.6 Å². The van der Waals surface area contributed by atoms with Gasteiger partial charge < -0.3 is 4.98 Å². The molecule has 1 aliphatic heterocycles. The highest BCUT2D eigenvalue weighted by Crippen LogP contribution is 2.47. The van der Waals surface area contributed by atoms with Crippen molar-refractivity contribution in [3.05, 3.63) is 41.6 Å². The summed E-state index contributed by atoms with van der Waals surface area (Å²) in [6, 6.07) is 7.57. The van der Waals surface area contributed by atoms with E-state index in [2.05, 4.69) is 40.9 Å². The van der Waals surface area contributed by atoms with Crippen LogP contribution in [-0.2, 0) is 6.42 Å². The number of likely N-dealkylation sites (tertiary alicyclic amines) is 1. The Balaban J connectivity index is 1.59. The third-order valence-electron chi connectivity index (χ3n) is 6.62. The van der Waals surface area contributed by atoms with Gasteiger partial charge in [-0.1, -0.05) is 18.7 Å². The van der Waals surface area contributed by atoms with Gasteiger partial charge in [0.2, 0.25) is 0 Å². The third kappa shape index (κ3) is 2.67. The Bertz CT molecular complexity index is 804. The maximum atomic E-state index is 4.06. The lowest BCUT2D eigenvalue weighted by atomic mass is 9.72. The van der Waals surface area contributed by atoms with E-state index in [0.29, 0.717) is 12.0 Å². The van der Waals surface area contributed by atoms with Gasteiger partial charge in [0.1, 0.15) is 0 Å². The number of thioether (sulfide) groups is 1. The van der Waals surface area contributed by atoms with Gasteiger partial charge in [-0.25, -0.2) is 0 Å². The van der Waals surface area contributed by atoms with Gasteiger partial charge in [-0.15, -0.1) is 0 Å². The first-order valence-corrected chi connectivity index (χ1v) is 11.2. The first kappa shape index (κ1) is 16.0. The molecule has 25 heavy (non-hydrogen) atoms. The monoisotopic (exact) mass is 352 g/mol. The number of nitrogens with zero attached hydrogens (tertiary/aromatic N) is 1. The molecule has 3 aliphatic rings. The van der Waals surface area contributed by atoms with Gasteiger partial charge in [-0.05, 0) is 72.8 Å². The Kier molecular flexibility index (Phi) is 3.98. The predicted octanol–water partition coefficient (Wildman–Crippen LogP) is 4.91. The SMILES string of the molecule is C=Cc1[nH]c2cccc3c2c1C[C@@H]1[C@@H]3C[C@@H](CSC)CN1CC1CC1. The van der Waals surface area contributed by atoms with Crippen LogP contribution >= 0.6 is 11.8 Å². The van der Waals surface area contributed by atoms with Crippen molar-refractivity contribution in [2.75, 3.05) is 25.1 Å². The maximum absolute atomic E-state index is 4.06. The number of nitrogens with one attached hydrogen (secondary N) is 1. The van der Waals surface area contributed by atoms with Gasteiger partial charge in [-0.2, -0.15) is 11.8 Å². The van der Waals surface area contributed by atoms with Crippen LogP contribution in [0.3, 0.4) is 0 Å². The molecule has 3 heteroatoms. The fourth-order valence-corrected chi connectivity index (χ4v) is 6.10. The van der Waals surface area contributed by atoms with Crippen molar-refractivity contribution in [3.63, 3.8) is 0 Å². The standard InChI is InChI=1S/C22H28N2S/c1-3-19-18-10-21-17(16-5-4-6-20(23-19)22(16)18)9-15(13-25-2)12-24(21)11-14-7-8-14/h3-6,14-15,17,21,23H,1,7-13H2,2H3/t15-,17-,21-/m1/s1. The molecule has 1 saturated carbocycles. The van der Waals surface area contributed by atoms with Crippen LogP contribution in [0.15, 0.2) is 24.8 Å². The number of hydrogen-bond donors (Lipinski definition) is 1. The van der Waals surface area contributed by atoms with Crippen molar-refractivity contribution in [1.29, 1.82) is 0 Å². The summed E-state index contributed by atoms with van der Waals surface area (Å²) in [5.74, 6) is 3.81. The average Bonchev–Trinajstić information content (AvgIpc) is 3.36. The molecule has 0 spiro atoms. The van der Waals surface area contributed by atoms with Crippen LogP contribution in [-0.4, -0.2) is 41.0 Å². The van der Waals surface area contributed by atoms with Crippen LogP contribution in [0.1, 0.15) is 42.0 Å². The molecule has 5 rings (SSSR count). The number of aromatic nitrogens is 1. The molecule has 2 heterocycles. The van der Waals surface area contributed by atoms with Crippen molar-refractivity contribution >= 4 is 28.7 Å². The molecule has 0 unspecified atom stereocenters. The minimum Gasteiger partial charge on any atom is -0.355 e.